The van der Waals surface area contributed by atoms with Gasteiger partial charge in [0.1, 0.15) is 6.61 Å². The Morgan fingerprint density at radius 3 is 2.70 bits per heavy atom. The largest absolute Gasteiger partial charge is 0.467 e. The van der Waals surface area contributed by atoms with E-state index in [0.717, 1.165) is 5.56 Å². The van der Waals surface area contributed by atoms with Gasteiger partial charge in [-0.15, -0.1) is 0 Å². The number of carbonyl (C=O) groups excluding carboxylic acids is 2. The van der Waals surface area contributed by atoms with Gasteiger partial charge in [0.05, 0.1) is 13.2 Å². The van der Waals surface area contributed by atoms with E-state index in [1.807, 2.05) is 30.3 Å². The van der Waals surface area contributed by atoms with Crippen LogP contribution in [0.25, 0.3) is 0 Å². The average molecular weight is 279 g/mol. The van der Waals surface area contributed by atoms with E-state index in [4.69, 9.17) is 4.74 Å². The Labute approximate surface area is 116 Å². The van der Waals surface area contributed by atoms with Gasteiger partial charge in [-0.05, 0) is 12.0 Å². The van der Waals surface area contributed by atoms with Gasteiger partial charge in [0, 0.05) is 6.54 Å². The molecule has 20 heavy (non-hydrogen) atoms. The first kappa shape index (κ1) is 14.3. The molecule has 6 heteroatoms. The molecule has 0 spiro atoms. The molecule has 0 radical (unpaired) electrons. The predicted molar refractivity (Wildman–Crippen MR) is 69.8 cm³/mol. The average Bonchev–Trinajstić information content (AvgIpc) is 2.87. The number of nitrogens with zero attached hydrogens (tertiary/aromatic N) is 1. The third-order valence-electron chi connectivity index (χ3n) is 3.25. The first-order valence-corrected chi connectivity index (χ1v) is 6.36. The molecule has 2 rings (SSSR count). The topological polar surface area (TPSA) is 76.1 Å². The zero-order valence-corrected chi connectivity index (χ0v) is 11.2. The van der Waals surface area contributed by atoms with Gasteiger partial charge in [-0.2, -0.15) is 0 Å². The summed E-state index contributed by atoms with van der Waals surface area (Å²) in [6.07, 6.45) is -1.20. The smallest absolute Gasteiger partial charge is 0.410 e. The van der Waals surface area contributed by atoms with E-state index >= 15 is 0 Å². The molecule has 0 aliphatic carbocycles. The molecule has 1 aromatic carbocycles. The fourth-order valence-electron chi connectivity index (χ4n) is 2.19. The zero-order chi connectivity index (χ0) is 14.5. The van der Waals surface area contributed by atoms with E-state index < -0.39 is 24.2 Å². The molecule has 1 heterocycles. The number of aliphatic hydroxyl groups is 1. The second kappa shape index (κ2) is 6.38. The molecule has 1 aromatic rings. The number of amides is 1. The number of aliphatic hydroxyl groups excluding tert-OH is 1. The first-order chi connectivity index (χ1) is 9.63. The minimum Gasteiger partial charge on any atom is -0.467 e. The second-order valence-corrected chi connectivity index (χ2v) is 4.56. The highest BCUT2D eigenvalue weighted by Gasteiger charge is 2.42. The summed E-state index contributed by atoms with van der Waals surface area (Å²) in [5.41, 5.74) is 0.857. The van der Waals surface area contributed by atoms with E-state index in [1.54, 1.807) is 0 Å². The van der Waals surface area contributed by atoms with Gasteiger partial charge in [0.2, 0.25) is 0 Å². The molecule has 1 aliphatic rings. The molecule has 1 amide bonds. The van der Waals surface area contributed by atoms with E-state index in [2.05, 4.69) is 4.74 Å². The van der Waals surface area contributed by atoms with E-state index in [-0.39, 0.29) is 13.2 Å². The third kappa shape index (κ3) is 3.08. The lowest BCUT2D eigenvalue weighted by atomic mass is 10.2. The quantitative estimate of drug-likeness (QED) is 0.833. The summed E-state index contributed by atoms with van der Waals surface area (Å²) in [5, 5.41) is 9.74. The zero-order valence-electron chi connectivity index (χ0n) is 11.2. The van der Waals surface area contributed by atoms with Crippen molar-refractivity contribution in [3.8, 4) is 0 Å². The number of carbonyl (C=O) groups is 2. The number of benzene rings is 1. The molecule has 108 valence electrons. The summed E-state index contributed by atoms with van der Waals surface area (Å²) < 4.78 is 9.75. The van der Waals surface area contributed by atoms with Crippen LogP contribution in [0.15, 0.2) is 30.3 Å². The van der Waals surface area contributed by atoms with Gasteiger partial charge in [0.25, 0.3) is 0 Å². The number of hydrogen-bond acceptors (Lipinski definition) is 5. The van der Waals surface area contributed by atoms with Crippen LogP contribution in [0.1, 0.15) is 12.0 Å². The molecule has 0 bridgehead atoms. The molecule has 6 nitrogen and oxygen atoms in total. The van der Waals surface area contributed by atoms with Crippen LogP contribution in [0.4, 0.5) is 4.79 Å². The fraction of sp³-hybridized carbons (Fsp3) is 0.429. The van der Waals surface area contributed by atoms with Crippen LogP contribution >= 0.6 is 0 Å². The Morgan fingerprint density at radius 2 is 2.05 bits per heavy atom. The highest BCUT2D eigenvalue weighted by atomic mass is 16.6. The van der Waals surface area contributed by atoms with Crippen LogP contribution in [0.3, 0.4) is 0 Å². The van der Waals surface area contributed by atoms with Crippen molar-refractivity contribution >= 4 is 12.1 Å². The van der Waals surface area contributed by atoms with Crippen molar-refractivity contribution in [2.75, 3.05) is 13.7 Å². The Morgan fingerprint density at radius 1 is 1.35 bits per heavy atom. The standard InChI is InChI=1S/C14H17NO5/c1-19-13(17)12-11(16)7-8-15(12)14(18)20-9-10-5-3-2-4-6-10/h2-6,11-12,16H,7-9H2,1H3/t11-,12+/m0/s1. The van der Waals surface area contributed by atoms with Crippen molar-refractivity contribution in [3.63, 3.8) is 0 Å². The van der Waals surface area contributed by atoms with Crippen molar-refractivity contribution in [2.45, 2.75) is 25.2 Å². The number of methoxy groups -OCH3 is 1. The summed E-state index contributed by atoms with van der Waals surface area (Å²) in [6, 6.07) is 8.26. The van der Waals surface area contributed by atoms with Gasteiger partial charge >= 0.3 is 12.1 Å². The number of likely N-dealkylation sites (tertiary alicyclic amines) is 1. The van der Waals surface area contributed by atoms with Gasteiger partial charge < -0.3 is 14.6 Å². The summed E-state index contributed by atoms with van der Waals surface area (Å²) in [5.74, 6) is -0.633. The second-order valence-electron chi connectivity index (χ2n) is 4.56. The highest BCUT2D eigenvalue weighted by molar-refractivity contribution is 5.82. The fourth-order valence-corrected chi connectivity index (χ4v) is 2.19. The maximum atomic E-state index is 12.0. The van der Waals surface area contributed by atoms with Crippen LogP contribution in [0.2, 0.25) is 0 Å². The molecular weight excluding hydrogens is 262 g/mol. The summed E-state index contributed by atoms with van der Waals surface area (Å²) in [4.78, 5) is 24.8. The van der Waals surface area contributed by atoms with Crippen LogP contribution in [-0.2, 0) is 20.9 Å². The summed E-state index contributed by atoms with van der Waals surface area (Å²) in [7, 11) is 1.22. The minimum absolute atomic E-state index is 0.125. The third-order valence-corrected chi connectivity index (χ3v) is 3.25. The highest BCUT2D eigenvalue weighted by Crippen LogP contribution is 2.20. The van der Waals surface area contributed by atoms with Gasteiger partial charge in [0.15, 0.2) is 6.04 Å². The van der Waals surface area contributed by atoms with Crippen molar-refractivity contribution < 1.29 is 24.2 Å². The van der Waals surface area contributed by atoms with Crippen molar-refractivity contribution in [1.82, 2.24) is 4.90 Å². The predicted octanol–water partition coefficient (Wildman–Crippen LogP) is 0.931. The maximum Gasteiger partial charge on any atom is 0.410 e. The first-order valence-electron chi connectivity index (χ1n) is 6.36. The van der Waals surface area contributed by atoms with Crippen LogP contribution < -0.4 is 0 Å². The molecule has 0 aromatic heterocycles. The number of rotatable bonds is 3. The lowest BCUT2D eigenvalue weighted by molar-refractivity contribution is -0.148. The van der Waals surface area contributed by atoms with E-state index in [0.29, 0.717) is 6.42 Å². The number of ether oxygens (including phenoxy) is 2. The number of hydrogen-bond donors (Lipinski definition) is 1. The maximum absolute atomic E-state index is 12.0. The summed E-state index contributed by atoms with van der Waals surface area (Å²) >= 11 is 0. The molecule has 1 N–H and O–H groups in total. The van der Waals surface area contributed by atoms with Crippen molar-refractivity contribution in [3.05, 3.63) is 35.9 Å². The molecular formula is C14H17NO5. The van der Waals surface area contributed by atoms with Gasteiger partial charge in [-0.25, -0.2) is 9.59 Å². The lowest BCUT2D eigenvalue weighted by Gasteiger charge is -2.23. The van der Waals surface area contributed by atoms with Crippen LogP contribution in [0.5, 0.6) is 0 Å². The number of esters is 1. The monoisotopic (exact) mass is 279 g/mol. The molecule has 0 unspecified atom stereocenters. The molecule has 1 saturated heterocycles. The van der Waals surface area contributed by atoms with E-state index in [9.17, 15) is 14.7 Å². The normalized spacial score (nSPS) is 21.6. The van der Waals surface area contributed by atoms with Crippen molar-refractivity contribution in [2.24, 2.45) is 0 Å². The summed E-state index contributed by atoms with van der Waals surface area (Å²) in [6.45, 7) is 0.398. The lowest BCUT2D eigenvalue weighted by Crippen LogP contribution is -2.45. The SMILES string of the molecule is COC(=O)[C@H]1[C@@H](O)CCN1C(=O)OCc1ccccc1. The molecule has 0 saturated carbocycles. The molecule has 1 aliphatic heterocycles. The van der Waals surface area contributed by atoms with Crippen LogP contribution in [0, 0.1) is 0 Å². The minimum atomic E-state index is -0.983. The van der Waals surface area contributed by atoms with Gasteiger partial charge in [-0.1, -0.05) is 30.3 Å². The van der Waals surface area contributed by atoms with Crippen molar-refractivity contribution in [1.29, 1.82) is 0 Å². The Hall–Kier alpha value is -2.08. The van der Waals surface area contributed by atoms with Gasteiger partial charge in [-0.3, -0.25) is 4.90 Å². The molecule has 1 fully saturated rings. The Kier molecular flexibility index (Phi) is 4.57. The van der Waals surface area contributed by atoms with E-state index in [1.165, 1.54) is 12.0 Å². The molecule has 2 atom stereocenters. The Bertz CT molecular complexity index is 476. The Balaban J connectivity index is 1.96. The van der Waals surface area contributed by atoms with Crippen LogP contribution in [-0.4, -0.2) is 47.9 Å².